The lowest BCUT2D eigenvalue weighted by Gasteiger charge is -2.27. The standard InChI is InChI=1S/C18H2Br8N2O/c19-4-1-3-2-5(20)10(22)16-6(3)15(9(4)21)27-17-7-8(18(29)28(16)17)12(24)14(26)13(25)11(7)23/h1-2H. The second-order valence-electron chi connectivity index (χ2n) is 6.22. The average Bonchev–Trinajstić information content (AvgIpc) is 2.98. The van der Waals surface area contributed by atoms with Crippen LogP contribution in [0.5, 0.6) is 0 Å². The smallest absolute Gasteiger partial charge is 0.266 e. The van der Waals surface area contributed by atoms with Crippen molar-refractivity contribution in [3.05, 3.63) is 59.0 Å². The van der Waals surface area contributed by atoms with E-state index in [1.807, 2.05) is 12.1 Å². The molecule has 0 unspecified atom stereocenters. The molecule has 11 heteroatoms. The van der Waals surface area contributed by atoms with Gasteiger partial charge >= 0.3 is 0 Å². The van der Waals surface area contributed by atoms with Crippen LogP contribution in [0, 0.1) is 0 Å². The highest BCUT2D eigenvalue weighted by atomic mass is 79.9. The Morgan fingerprint density at radius 1 is 0.690 bits per heavy atom. The molecule has 0 fully saturated rings. The van der Waals surface area contributed by atoms with E-state index in [0.29, 0.717) is 15.9 Å². The minimum absolute atomic E-state index is 0.149. The Bertz CT molecular complexity index is 1360. The Labute approximate surface area is 232 Å². The molecule has 2 heterocycles. The number of nitrogens with zero attached hydrogens (tertiary/aromatic N) is 2. The van der Waals surface area contributed by atoms with Crippen LogP contribution in [0.4, 0.5) is 11.4 Å². The van der Waals surface area contributed by atoms with Crippen molar-refractivity contribution in [2.45, 2.75) is 0 Å². The second-order valence-corrected chi connectivity index (χ2v) is 12.7. The summed E-state index contributed by atoms with van der Waals surface area (Å²) in [6.07, 6.45) is 0. The monoisotopic (exact) mass is 893 g/mol. The maximum absolute atomic E-state index is 13.6. The van der Waals surface area contributed by atoms with Crippen LogP contribution in [0.2, 0.25) is 0 Å². The molecule has 0 radical (unpaired) electrons. The number of amides is 1. The Hall–Kier alpha value is 0.900. The molecule has 0 saturated carbocycles. The summed E-state index contributed by atoms with van der Waals surface area (Å²) in [6.45, 7) is 0. The first-order chi connectivity index (χ1) is 13.6. The lowest BCUT2D eigenvalue weighted by Crippen LogP contribution is -2.32. The van der Waals surface area contributed by atoms with Gasteiger partial charge in [-0.1, -0.05) is 0 Å². The number of carbonyl (C=O) groups excluding carboxylic acids is 1. The third-order valence-corrected chi connectivity index (χ3v) is 13.4. The number of rotatable bonds is 0. The number of fused-ring (bicyclic) bond motifs is 4. The number of hydrogen-bond donors (Lipinski definition) is 0. The zero-order chi connectivity index (χ0) is 20.9. The lowest BCUT2D eigenvalue weighted by atomic mass is 10.0. The summed E-state index contributed by atoms with van der Waals surface area (Å²) in [5.41, 5.74) is 2.81. The molecule has 3 aromatic rings. The van der Waals surface area contributed by atoms with Crippen molar-refractivity contribution >= 4 is 161 Å². The molecule has 1 amide bonds. The number of hydrogen-bond acceptors (Lipinski definition) is 2. The van der Waals surface area contributed by atoms with Crippen LogP contribution in [0.15, 0.2) is 52.9 Å². The summed E-state index contributed by atoms with van der Waals surface area (Å²) in [6, 6.07) is 4.02. The zero-order valence-electron chi connectivity index (χ0n) is 13.5. The molecule has 5 rings (SSSR count). The second kappa shape index (κ2) is 7.46. The maximum atomic E-state index is 13.6. The third-order valence-electron chi connectivity index (χ3n) is 4.72. The first kappa shape index (κ1) is 21.7. The van der Waals surface area contributed by atoms with E-state index in [0.717, 1.165) is 59.0 Å². The minimum Gasteiger partial charge on any atom is -0.268 e. The summed E-state index contributed by atoms with van der Waals surface area (Å²) in [7, 11) is 0. The van der Waals surface area contributed by atoms with Gasteiger partial charge in [0.15, 0.2) is 0 Å². The predicted octanol–water partition coefficient (Wildman–Crippen LogP) is 9.99. The SMILES string of the molecule is O=C1c2c(Br)c(Br)c(Br)c(Br)c2C2=Nc3c(Br)c(Br)cc4cc(Br)c(Br)c(c34)N12. The van der Waals surface area contributed by atoms with E-state index >= 15 is 0 Å². The van der Waals surface area contributed by atoms with Gasteiger partial charge < -0.3 is 0 Å². The number of benzene rings is 3. The Morgan fingerprint density at radius 3 is 1.86 bits per heavy atom. The molecule has 29 heavy (non-hydrogen) atoms. The van der Waals surface area contributed by atoms with Gasteiger partial charge in [-0.2, -0.15) is 0 Å². The molecular formula is C18H2Br8N2O. The third kappa shape index (κ3) is 2.90. The first-order valence-electron chi connectivity index (χ1n) is 7.74. The predicted molar refractivity (Wildman–Crippen MR) is 145 cm³/mol. The van der Waals surface area contributed by atoms with Crippen molar-refractivity contribution in [2.24, 2.45) is 4.99 Å². The van der Waals surface area contributed by atoms with Crippen LogP contribution in [0.25, 0.3) is 10.8 Å². The normalized spacial score (nSPS) is 14.4. The van der Waals surface area contributed by atoms with Gasteiger partial charge in [-0.25, -0.2) is 4.99 Å². The van der Waals surface area contributed by atoms with Crippen molar-refractivity contribution in [1.29, 1.82) is 0 Å². The number of amidine groups is 1. The van der Waals surface area contributed by atoms with E-state index in [2.05, 4.69) is 127 Å². The van der Waals surface area contributed by atoms with Crippen LogP contribution in [0.1, 0.15) is 15.9 Å². The van der Waals surface area contributed by atoms with E-state index in [1.54, 1.807) is 4.90 Å². The van der Waals surface area contributed by atoms with E-state index in [4.69, 9.17) is 4.99 Å². The summed E-state index contributed by atoms with van der Waals surface area (Å²) < 4.78 is 6.37. The molecule has 0 aromatic heterocycles. The first-order valence-corrected chi connectivity index (χ1v) is 14.1. The van der Waals surface area contributed by atoms with Gasteiger partial charge in [0.2, 0.25) is 0 Å². The van der Waals surface area contributed by atoms with Crippen molar-refractivity contribution < 1.29 is 4.79 Å². The van der Waals surface area contributed by atoms with Gasteiger partial charge in [-0.3, -0.25) is 9.69 Å². The Kier molecular flexibility index (Phi) is 5.59. The van der Waals surface area contributed by atoms with Crippen LogP contribution in [-0.4, -0.2) is 11.7 Å². The molecule has 0 atom stereocenters. The minimum atomic E-state index is -0.149. The Morgan fingerprint density at radius 2 is 1.24 bits per heavy atom. The largest absolute Gasteiger partial charge is 0.268 e. The highest BCUT2D eigenvalue weighted by Crippen LogP contribution is 2.55. The summed E-state index contributed by atoms with van der Waals surface area (Å²) in [5, 5.41) is 1.86. The summed E-state index contributed by atoms with van der Waals surface area (Å²) in [5.74, 6) is 0.418. The van der Waals surface area contributed by atoms with Crippen molar-refractivity contribution in [1.82, 2.24) is 0 Å². The average molecular weight is 901 g/mol. The van der Waals surface area contributed by atoms with Crippen LogP contribution >= 0.6 is 127 Å². The number of halogens is 8. The maximum Gasteiger partial charge on any atom is 0.266 e. The van der Waals surface area contributed by atoms with E-state index in [9.17, 15) is 4.79 Å². The van der Waals surface area contributed by atoms with Gasteiger partial charge in [-0.05, 0) is 145 Å². The lowest BCUT2D eigenvalue weighted by molar-refractivity contribution is 0.101. The fraction of sp³-hybridized carbons (Fsp3) is 0. The molecule has 2 aliphatic rings. The van der Waals surface area contributed by atoms with Gasteiger partial charge in [0, 0.05) is 37.8 Å². The van der Waals surface area contributed by atoms with Crippen molar-refractivity contribution in [3.8, 4) is 0 Å². The number of carbonyl (C=O) groups is 1. The van der Waals surface area contributed by atoms with Crippen LogP contribution < -0.4 is 4.90 Å². The van der Waals surface area contributed by atoms with Gasteiger partial charge in [-0.15, -0.1) is 0 Å². The molecule has 0 spiro atoms. The summed E-state index contributed by atoms with van der Waals surface area (Å²) in [4.78, 5) is 20.2. The van der Waals surface area contributed by atoms with E-state index < -0.39 is 0 Å². The molecule has 3 nitrogen and oxygen atoms in total. The quantitative estimate of drug-likeness (QED) is 0.164. The Balaban J connectivity index is 2.00. The van der Waals surface area contributed by atoms with Gasteiger partial charge in [0.1, 0.15) is 5.84 Å². The van der Waals surface area contributed by atoms with E-state index in [1.165, 1.54) is 0 Å². The fourth-order valence-electron chi connectivity index (χ4n) is 3.51. The van der Waals surface area contributed by atoms with Gasteiger partial charge in [0.25, 0.3) is 5.91 Å². The molecular weight excluding hydrogens is 899 g/mol. The fourth-order valence-corrected chi connectivity index (χ4v) is 7.74. The molecule has 146 valence electrons. The van der Waals surface area contributed by atoms with Crippen molar-refractivity contribution in [3.63, 3.8) is 0 Å². The summed E-state index contributed by atoms with van der Waals surface area (Å²) >= 11 is 28.9. The topological polar surface area (TPSA) is 32.7 Å². The van der Waals surface area contributed by atoms with E-state index in [-0.39, 0.29) is 5.91 Å². The van der Waals surface area contributed by atoms with Crippen molar-refractivity contribution in [2.75, 3.05) is 4.90 Å². The number of anilines is 1. The van der Waals surface area contributed by atoms with Gasteiger partial charge in [0.05, 0.1) is 25.9 Å². The molecule has 0 N–H and O–H groups in total. The van der Waals surface area contributed by atoms with Crippen LogP contribution in [-0.2, 0) is 0 Å². The molecule has 0 saturated heterocycles. The van der Waals surface area contributed by atoms with Crippen LogP contribution in [0.3, 0.4) is 0 Å². The molecule has 2 aliphatic heterocycles. The zero-order valence-corrected chi connectivity index (χ0v) is 26.2. The number of aliphatic imine (C=N–C) groups is 1. The molecule has 0 aliphatic carbocycles. The highest BCUT2D eigenvalue weighted by Gasteiger charge is 2.44. The highest BCUT2D eigenvalue weighted by molar-refractivity contribution is 9.15. The molecule has 0 bridgehead atoms. The molecule has 3 aromatic carbocycles.